The Bertz CT molecular complexity index is 302. The smallest absolute Gasteiger partial charge is 0.123 e. The minimum atomic E-state index is -0.728. The zero-order chi connectivity index (χ0) is 11.5. The summed E-state index contributed by atoms with van der Waals surface area (Å²) in [5.74, 6) is -0.228. The van der Waals surface area contributed by atoms with Gasteiger partial charge in [-0.15, -0.1) is 0 Å². The molecule has 1 atom stereocenters. The minimum Gasteiger partial charge on any atom is -0.389 e. The van der Waals surface area contributed by atoms with Crippen LogP contribution in [0.1, 0.15) is 32.4 Å². The van der Waals surface area contributed by atoms with E-state index < -0.39 is 5.60 Å². The molecule has 3 heteroatoms. The van der Waals surface area contributed by atoms with Gasteiger partial charge < -0.3 is 10.4 Å². The van der Waals surface area contributed by atoms with Crippen LogP contribution in [0.4, 0.5) is 4.39 Å². The molecule has 0 radical (unpaired) electrons. The standard InChI is InChI=1S/C12H18FNO/c1-9(14-8-12(2,3)15)10-4-6-11(13)7-5-10/h4-7,9,14-15H,8H2,1-3H3/t9-/m1/s1. The number of aliphatic hydroxyl groups is 1. The fraction of sp³-hybridized carbons (Fsp3) is 0.500. The van der Waals surface area contributed by atoms with Crippen molar-refractivity contribution in [2.24, 2.45) is 0 Å². The molecule has 0 spiro atoms. The normalized spacial score (nSPS) is 13.9. The van der Waals surface area contributed by atoms with Crippen LogP contribution in [-0.4, -0.2) is 17.3 Å². The van der Waals surface area contributed by atoms with Gasteiger partial charge in [-0.1, -0.05) is 12.1 Å². The van der Waals surface area contributed by atoms with Gasteiger partial charge in [0, 0.05) is 12.6 Å². The molecule has 0 unspecified atom stereocenters. The predicted octanol–water partition coefficient (Wildman–Crippen LogP) is 2.25. The first-order chi connectivity index (χ1) is 6.88. The average molecular weight is 211 g/mol. The fourth-order valence-corrected chi connectivity index (χ4v) is 1.27. The van der Waals surface area contributed by atoms with E-state index in [1.807, 2.05) is 6.92 Å². The summed E-state index contributed by atoms with van der Waals surface area (Å²) >= 11 is 0. The van der Waals surface area contributed by atoms with Gasteiger partial charge in [0.15, 0.2) is 0 Å². The maximum atomic E-state index is 12.7. The third-order valence-electron chi connectivity index (χ3n) is 2.21. The van der Waals surface area contributed by atoms with E-state index in [0.29, 0.717) is 6.54 Å². The third kappa shape index (κ3) is 4.40. The largest absolute Gasteiger partial charge is 0.389 e. The molecule has 0 aromatic heterocycles. The van der Waals surface area contributed by atoms with Gasteiger partial charge in [-0.25, -0.2) is 4.39 Å². The summed E-state index contributed by atoms with van der Waals surface area (Å²) in [5.41, 5.74) is 0.287. The molecule has 0 aliphatic carbocycles. The van der Waals surface area contributed by atoms with Crippen LogP contribution in [0.25, 0.3) is 0 Å². The summed E-state index contributed by atoms with van der Waals surface area (Å²) < 4.78 is 12.7. The summed E-state index contributed by atoms with van der Waals surface area (Å²) in [6, 6.07) is 6.49. The van der Waals surface area contributed by atoms with Crippen molar-refractivity contribution in [3.63, 3.8) is 0 Å². The van der Waals surface area contributed by atoms with Gasteiger partial charge in [0.1, 0.15) is 5.82 Å². The molecule has 1 aromatic rings. The van der Waals surface area contributed by atoms with E-state index in [-0.39, 0.29) is 11.9 Å². The van der Waals surface area contributed by atoms with Crippen LogP contribution in [0.2, 0.25) is 0 Å². The topological polar surface area (TPSA) is 32.3 Å². The first-order valence-corrected chi connectivity index (χ1v) is 5.10. The van der Waals surface area contributed by atoms with Crippen LogP contribution >= 0.6 is 0 Å². The number of halogens is 1. The van der Waals surface area contributed by atoms with Gasteiger partial charge >= 0.3 is 0 Å². The van der Waals surface area contributed by atoms with Gasteiger partial charge in [-0.2, -0.15) is 0 Å². The molecule has 1 aromatic carbocycles. The predicted molar refractivity (Wildman–Crippen MR) is 59.1 cm³/mol. The van der Waals surface area contributed by atoms with E-state index in [9.17, 15) is 9.50 Å². The summed E-state index contributed by atoms with van der Waals surface area (Å²) in [5, 5.41) is 12.7. The van der Waals surface area contributed by atoms with Gasteiger partial charge in [0.05, 0.1) is 5.60 Å². The Morgan fingerprint density at radius 1 is 1.33 bits per heavy atom. The van der Waals surface area contributed by atoms with E-state index in [1.165, 1.54) is 12.1 Å². The van der Waals surface area contributed by atoms with Crippen LogP contribution < -0.4 is 5.32 Å². The molecule has 0 aliphatic heterocycles. The van der Waals surface area contributed by atoms with Gasteiger partial charge in [0.25, 0.3) is 0 Å². The highest BCUT2D eigenvalue weighted by molar-refractivity contribution is 5.19. The van der Waals surface area contributed by atoms with Crippen LogP contribution in [0, 0.1) is 5.82 Å². The molecular weight excluding hydrogens is 193 g/mol. The maximum Gasteiger partial charge on any atom is 0.123 e. The molecule has 0 amide bonds. The molecule has 0 saturated carbocycles. The summed E-state index contributed by atoms with van der Waals surface area (Å²) in [6.07, 6.45) is 0. The van der Waals surface area contributed by atoms with E-state index in [0.717, 1.165) is 5.56 Å². The average Bonchev–Trinajstić information content (AvgIpc) is 2.14. The van der Waals surface area contributed by atoms with E-state index in [4.69, 9.17) is 0 Å². The lowest BCUT2D eigenvalue weighted by Crippen LogP contribution is -2.36. The Morgan fingerprint density at radius 2 is 1.87 bits per heavy atom. The molecule has 84 valence electrons. The van der Waals surface area contributed by atoms with Crippen molar-refractivity contribution in [1.82, 2.24) is 5.32 Å². The molecule has 1 rings (SSSR count). The fourth-order valence-electron chi connectivity index (χ4n) is 1.27. The van der Waals surface area contributed by atoms with Crippen LogP contribution in [0.3, 0.4) is 0 Å². The van der Waals surface area contributed by atoms with Crippen LogP contribution in [-0.2, 0) is 0 Å². The lowest BCUT2D eigenvalue weighted by molar-refractivity contribution is 0.0770. The second-order valence-corrected chi connectivity index (χ2v) is 4.47. The Morgan fingerprint density at radius 3 is 2.33 bits per heavy atom. The zero-order valence-electron chi connectivity index (χ0n) is 9.42. The van der Waals surface area contributed by atoms with Crippen LogP contribution in [0.15, 0.2) is 24.3 Å². The number of hydrogen-bond acceptors (Lipinski definition) is 2. The highest BCUT2D eigenvalue weighted by Gasteiger charge is 2.14. The summed E-state index contributed by atoms with van der Waals surface area (Å²) in [4.78, 5) is 0. The molecule has 0 heterocycles. The van der Waals surface area contributed by atoms with Crippen molar-refractivity contribution in [3.05, 3.63) is 35.6 Å². The quantitative estimate of drug-likeness (QED) is 0.800. The molecule has 2 nitrogen and oxygen atoms in total. The highest BCUT2D eigenvalue weighted by atomic mass is 19.1. The maximum absolute atomic E-state index is 12.7. The van der Waals surface area contributed by atoms with Gasteiger partial charge in [0.2, 0.25) is 0 Å². The monoisotopic (exact) mass is 211 g/mol. The molecule has 2 N–H and O–H groups in total. The van der Waals surface area contributed by atoms with Crippen molar-refractivity contribution in [2.75, 3.05) is 6.54 Å². The van der Waals surface area contributed by atoms with Crippen molar-refractivity contribution in [1.29, 1.82) is 0 Å². The molecule has 0 aliphatic rings. The Balaban J connectivity index is 2.54. The summed E-state index contributed by atoms with van der Waals surface area (Å²) in [7, 11) is 0. The molecule has 0 bridgehead atoms. The van der Waals surface area contributed by atoms with Crippen molar-refractivity contribution in [2.45, 2.75) is 32.4 Å². The lowest BCUT2D eigenvalue weighted by atomic mass is 10.1. The van der Waals surface area contributed by atoms with E-state index in [2.05, 4.69) is 5.32 Å². The van der Waals surface area contributed by atoms with E-state index >= 15 is 0 Å². The van der Waals surface area contributed by atoms with Gasteiger partial charge in [-0.05, 0) is 38.5 Å². The van der Waals surface area contributed by atoms with Gasteiger partial charge in [-0.3, -0.25) is 0 Å². The lowest BCUT2D eigenvalue weighted by Gasteiger charge is -2.21. The molecule has 0 fully saturated rings. The third-order valence-corrected chi connectivity index (χ3v) is 2.21. The number of hydrogen-bond donors (Lipinski definition) is 2. The first-order valence-electron chi connectivity index (χ1n) is 5.10. The zero-order valence-corrected chi connectivity index (χ0v) is 9.42. The molecule has 0 saturated heterocycles. The summed E-state index contributed by atoms with van der Waals surface area (Å²) in [6.45, 7) is 5.99. The van der Waals surface area contributed by atoms with Crippen molar-refractivity contribution in [3.8, 4) is 0 Å². The Labute approximate surface area is 90.1 Å². The SMILES string of the molecule is C[C@@H](NCC(C)(C)O)c1ccc(F)cc1. The number of nitrogens with one attached hydrogen (secondary N) is 1. The first kappa shape index (κ1) is 12.1. The van der Waals surface area contributed by atoms with Crippen molar-refractivity contribution < 1.29 is 9.50 Å². The second-order valence-electron chi connectivity index (χ2n) is 4.47. The molecular formula is C12H18FNO. The highest BCUT2D eigenvalue weighted by Crippen LogP contribution is 2.13. The Hall–Kier alpha value is -0.930. The number of benzene rings is 1. The van der Waals surface area contributed by atoms with Crippen LogP contribution in [0.5, 0.6) is 0 Å². The second kappa shape index (κ2) is 4.73. The molecule has 15 heavy (non-hydrogen) atoms. The minimum absolute atomic E-state index is 0.108. The number of rotatable bonds is 4. The Kier molecular flexibility index (Phi) is 3.83. The van der Waals surface area contributed by atoms with Crippen molar-refractivity contribution >= 4 is 0 Å². The van der Waals surface area contributed by atoms with E-state index in [1.54, 1.807) is 26.0 Å².